The Hall–Kier alpha value is -1.40. The van der Waals surface area contributed by atoms with Crippen LogP contribution in [0.25, 0.3) is 10.8 Å². The molecule has 2 heterocycles. The van der Waals surface area contributed by atoms with Gasteiger partial charge in [0.15, 0.2) is 5.12 Å². The van der Waals surface area contributed by atoms with Crippen LogP contribution >= 0.6 is 27.7 Å². The van der Waals surface area contributed by atoms with Gasteiger partial charge in [-0.1, -0.05) is 36.0 Å². The van der Waals surface area contributed by atoms with E-state index >= 15 is 0 Å². The molecule has 0 radical (unpaired) electrons. The van der Waals surface area contributed by atoms with Gasteiger partial charge in [-0.3, -0.25) is 14.5 Å². The summed E-state index contributed by atoms with van der Waals surface area (Å²) >= 11 is 4.72. The highest BCUT2D eigenvalue weighted by molar-refractivity contribution is 9.10. The van der Waals surface area contributed by atoms with E-state index in [9.17, 15) is 9.59 Å². The summed E-state index contributed by atoms with van der Waals surface area (Å²) in [6.07, 6.45) is 2.10. The standard InChI is InChI=1S/C15H13BrN2O2S/c1-9(19)21-10-6-14(20)18(8-10)15-12-5-3-2-4-11(12)13(16)7-17-15/h2-5,7,10H,6,8H2,1H3. The Morgan fingerprint density at radius 3 is 2.81 bits per heavy atom. The van der Waals surface area contributed by atoms with Crippen molar-refractivity contribution in [1.82, 2.24) is 4.98 Å². The molecule has 0 saturated carbocycles. The van der Waals surface area contributed by atoms with Crippen molar-refractivity contribution >= 4 is 55.3 Å². The van der Waals surface area contributed by atoms with Crippen molar-refractivity contribution in [3.63, 3.8) is 0 Å². The van der Waals surface area contributed by atoms with E-state index in [1.165, 1.54) is 18.7 Å². The van der Waals surface area contributed by atoms with Crippen LogP contribution in [0.15, 0.2) is 34.9 Å². The molecule has 108 valence electrons. The zero-order valence-corrected chi connectivity index (χ0v) is 13.8. The van der Waals surface area contributed by atoms with Crippen molar-refractivity contribution in [3.8, 4) is 0 Å². The minimum atomic E-state index is 0.0132. The second-order valence-corrected chi connectivity index (χ2v) is 7.25. The summed E-state index contributed by atoms with van der Waals surface area (Å²) in [6, 6.07) is 7.84. The molecule has 3 rings (SSSR count). The van der Waals surface area contributed by atoms with Gasteiger partial charge in [-0.15, -0.1) is 0 Å². The Morgan fingerprint density at radius 1 is 1.38 bits per heavy atom. The highest BCUT2D eigenvalue weighted by atomic mass is 79.9. The van der Waals surface area contributed by atoms with Gasteiger partial charge in [0.25, 0.3) is 0 Å². The molecule has 2 aromatic rings. The number of thioether (sulfide) groups is 1. The second-order valence-electron chi connectivity index (χ2n) is 4.92. The summed E-state index contributed by atoms with van der Waals surface area (Å²) in [5, 5.41) is 2.02. The van der Waals surface area contributed by atoms with E-state index in [-0.39, 0.29) is 16.3 Å². The first-order chi connectivity index (χ1) is 10.1. The van der Waals surface area contributed by atoms with Gasteiger partial charge >= 0.3 is 0 Å². The molecule has 6 heteroatoms. The Kier molecular flexibility index (Phi) is 3.99. The highest BCUT2D eigenvalue weighted by Gasteiger charge is 2.33. The first-order valence-corrected chi connectivity index (χ1v) is 8.24. The van der Waals surface area contributed by atoms with Crippen molar-refractivity contribution in [2.75, 3.05) is 11.4 Å². The lowest BCUT2D eigenvalue weighted by atomic mass is 10.1. The van der Waals surface area contributed by atoms with Crippen molar-refractivity contribution in [2.45, 2.75) is 18.6 Å². The van der Waals surface area contributed by atoms with Gasteiger partial charge in [0.05, 0.1) is 0 Å². The fourth-order valence-electron chi connectivity index (χ4n) is 2.55. The Balaban J connectivity index is 2.00. The molecule has 0 spiro atoms. The molecule has 0 aliphatic carbocycles. The van der Waals surface area contributed by atoms with Crippen molar-refractivity contribution < 1.29 is 9.59 Å². The molecule has 1 aliphatic heterocycles. The third-order valence-corrected chi connectivity index (χ3v) is 5.02. The van der Waals surface area contributed by atoms with E-state index in [0.717, 1.165) is 15.2 Å². The molecule has 1 atom stereocenters. The number of hydrogen-bond donors (Lipinski definition) is 0. The smallest absolute Gasteiger partial charge is 0.229 e. The van der Waals surface area contributed by atoms with Crippen LogP contribution in [0.2, 0.25) is 0 Å². The summed E-state index contributed by atoms with van der Waals surface area (Å²) in [5.41, 5.74) is 0. The lowest BCUT2D eigenvalue weighted by molar-refractivity contribution is -0.117. The number of carbonyl (C=O) groups is 2. The number of nitrogens with zero attached hydrogens (tertiary/aromatic N) is 2. The number of pyridine rings is 1. The average Bonchev–Trinajstić information content (AvgIpc) is 2.79. The predicted octanol–water partition coefficient (Wildman–Crippen LogP) is 3.38. The maximum absolute atomic E-state index is 12.2. The predicted molar refractivity (Wildman–Crippen MR) is 88.5 cm³/mol. The molecule has 1 fully saturated rings. The summed E-state index contributed by atoms with van der Waals surface area (Å²) in [7, 11) is 0. The number of aromatic nitrogens is 1. The number of anilines is 1. The number of benzene rings is 1. The van der Waals surface area contributed by atoms with Crippen LogP contribution in [-0.2, 0) is 9.59 Å². The van der Waals surface area contributed by atoms with Crippen LogP contribution < -0.4 is 4.90 Å². The number of carbonyl (C=O) groups excluding carboxylic acids is 2. The molecule has 1 unspecified atom stereocenters. The average molecular weight is 365 g/mol. The number of halogens is 1. The maximum atomic E-state index is 12.2. The molecule has 4 nitrogen and oxygen atoms in total. The SMILES string of the molecule is CC(=O)SC1CC(=O)N(c2ncc(Br)c3ccccc23)C1. The lowest BCUT2D eigenvalue weighted by Crippen LogP contribution is -2.26. The first-order valence-electron chi connectivity index (χ1n) is 6.57. The van der Waals surface area contributed by atoms with Gasteiger partial charge in [0.1, 0.15) is 5.82 Å². The number of rotatable bonds is 2. The van der Waals surface area contributed by atoms with Crippen LogP contribution in [0.3, 0.4) is 0 Å². The van der Waals surface area contributed by atoms with E-state index in [1.807, 2.05) is 24.3 Å². The van der Waals surface area contributed by atoms with E-state index in [1.54, 1.807) is 11.1 Å². The van der Waals surface area contributed by atoms with Gasteiger partial charge < -0.3 is 0 Å². The van der Waals surface area contributed by atoms with Gasteiger partial charge in [0.2, 0.25) is 5.91 Å². The molecule has 1 amide bonds. The van der Waals surface area contributed by atoms with Gasteiger partial charge in [-0.25, -0.2) is 4.98 Å². The van der Waals surface area contributed by atoms with Crippen molar-refractivity contribution in [2.24, 2.45) is 0 Å². The van der Waals surface area contributed by atoms with Crippen LogP contribution in [-0.4, -0.2) is 27.8 Å². The van der Waals surface area contributed by atoms with Crippen LogP contribution in [0, 0.1) is 0 Å². The highest BCUT2D eigenvalue weighted by Crippen LogP contribution is 2.34. The fraction of sp³-hybridized carbons (Fsp3) is 0.267. The fourth-order valence-corrected chi connectivity index (χ4v) is 3.92. The van der Waals surface area contributed by atoms with E-state index in [0.29, 0.717) is 18.8 Å². The largest absolute Gasteiger partial charge is 0.295 e. The third kappa shape index (κ3) is 2.82. The number of hydrogen-bond acceptors (Lipinski definition) is 4. The van der Waals surface area contributed by atoms with E-state index in [2.05, 4.69) is 20.9 Å². The molecule has 1 saturated heterocycles. The molecule has 1 aromatic carbocycles. The van der Waals surface area contributed by atoms with Crippen molar-refractivity contribution in [1.29, 1.82) is 0 Å². The summed E-state index contributed by atoms with van der Waals surface area (Å²) in [4.78, 5) is 29.6. The van der Waals surface area contributed by atoms with E-state index in [4.69, 9.17) is 0 Å². The van der Waals surface area contributed by atoms with Gasteiger partial charge in [0, 0.05) is 46.6 Å². The minimum Gasteiger partial charge on any atom is -0.295 e. The molecular weight excluding hydrogens is 352 g/mol. The van der Waals surface area contributed by atoms with Crippen molar-refractivity contribution in [3.05, 3.63) is 34.9 Å². The number of amides is 1. The normalized spacial score (nSPS) is 18.5. The molecular formula is C15H13BrN2O2S. The zero-order valence-electron chi connectivity index (χ0n) is 11.4. The Bertz CT molecular complexity index is 735. The summed E-state index contributed by atoms with van der Waals surface area (Å²) in [6.45, 7) is 2.06. The Morgan fingerprint density at radius 2 is 2.10 bits per heavy atom. The maximum Gasteiger partial charge on any atom is 0.229 e. The van der Waals surface area contributed by atoms with Gasteiger partial charge in [-0.05, 0) is 15.9 Å². The lowest BCUT2D eigenvalue weighted by Gasteiger charge is -2.18. The summed E-state index contributed by atoms with van der Waals surface area (Å²) < 4.78 is 0.906. The first kappa shape index (κ1) is 14.5. The topological polar surface area (TPSA) is 50.3 Å². The molecule has 0 bridgehead atoms. The molecule has 0 N–H and O–H groups in total. The third-order valence-electron chi connectivity index (χ3n) is 3.40. The van der Waals surface area contributed by atoms with Gasteiger partial charge in [-0.2, -0.15) is 0 Å². The minimum absolute atomic E-state index is 0.0132. The molecule has 21 heavy (non-hydrogen) atoms. The quantitative estimate of drug-likeness (QED) is 0.819. The van der Waals surface area contributed by atoms with E-state index < -0.39 is 0 Å². The summed E-state index contributed by atoms with van der Waals surface area (Å²) in [5.74, 6) is 0.694. The molecule has 1 aromatic heterocycles. The van der Waals surface area contributed by atoms with Crippen LogP contribution in [0.5, 0.6) is 0 Å². The second kappa shape index (κ2) is 5.77. The van der Waals surface area contributed by atoms with Crippen LogP contribution in [0.1, 0.15) is 13.3 Å². The molecule has 1 aliphatic rings. The van der Waals surface area contributed by atoms with Crippen LogP contribution in [0.4, 0.5) is 5.82 Å². The number of fused-ring (bicyclic) bond motifs is 1. The Labute approximate surface area is 135 Å². The zero-order chi connectivity index (χ0) is 15.0. The monoisotopic (exact) mass is 364 g/mol.